The number of nitrogens with zero attached hydrogens (tertiary/aromatic N) is 4. The minimum absolute atomic E-state index is 0.188. The van der Waals surface area contributed by atoms with E-state index in [0.29, 0.717) is 6.42 Å². The molecule has 3 aromatic heterocycles. The first-order chi connectivity index (χ1) is 12.6. The van der Waals surface area contributed by atoms with Crippen LogP contribution in [0.1, 0.15) is 18.4 Å². The maximum Gasteiger partial charge on any atom is 0.227 e. The van der Waals surface area contributed by atoms with Crippen LogP contribution >= 0.6 is 0 Å². The summed E-state index contributed by atoms with van der Waals surface area (Å²) in [6, 6.07) is 10.8. The molecule has 0 aliphatic carbocycles. The Labute approximate surface area is 151 Å². The van der Waals surface area contributed by atoms with Gasteiger partial charge in [-0.3, -0.25) is 14.8 Å². The van der Waals surface area contributed by atoms with E-state index in [1.54, 1.807) is 29.6 Å². The second-order valence-corrected chi connectivity index (χ2v) is 5.94. The molecule has 5 nitrogen and oxygen atoms in total. The van der Waals surface area contributed by atoms with E-state index in [-0.39, 0.29) is 5.91 Å². The molecule has 1 aliphatic rings. The van der Waals surface area contributed by atoms with E-state index in [0.717, 1.165) is 35.5 Å². The number of carbonyl (C=O) groups is 1. The molecule has 0 aromatic carbocycles. The minimum Gasteiger partial charge on any atom is -0.311 e. The number of carbonyl (C=O) groups excluding carboxylic acids is 1. The fourth-order valence-electron chi connectivity index (χ4n) is 2.61. The van der Waals surface area contributed by atoms with E-state index >= 15 is 0 Å². The zero-order chi connectivity index (χ0) is 18.4. The maximum atomic E-state index is 12.0. The largest absolute Gasteiger partial charge is 0.311 e. The lowest BCUT2D eigenvalue weighted by Crippen LogP contribution is -2.23. The molecule has 6 heteroatoms. The Bertz CT molecular complexity index is 830. The van der Waals surface area contributed by atoms with Crippen LogP contribution in [0.25, 0.3) is 11.3 Å². The standard InChI is InChI=1S/C14H13N3O.C6H6FN/c18-14-2-1-9-17(14)12-3-4-13(16-10-12)11-5-7-15-8-6-11;1-5-2-3-6(7)8-4-5/h3-8,10H,1-2,9H2;2-4H,1H3. The number of hydrogen-bond acceptors (Lipinski definition) is 4. The van der Waals surface area contributed by atoms with Crippen LogP contribution < -0.4 is 4.90 Å². The molecule has 1 aliphatic heterocycles. The summed E-state index contributed by atoms with van der Waals surface area (Å²) in [6.07, 6.45) is 8.33. The number of aromatic nitrogens is 3. The van der Waals surface area contributed by atoms with Crippen LogP contribution in [-0.4, -0.2) is 27.4 Å². The topological polar surface area (TPSA) is 59.0 Å². The SMILES string of the molecule is Cc1ccc(F)nc1.O=C1CCCN1c1ccc(-c2ccncc2)nc1. The molecule has 1 saturated heterocycles. The highest BCUT2D eigenvalue weighted by Gasteiger charge is 2.21. The van der Waals surface area contributed by atoms with Crippen LogP contribution in [0.3, 0.4) is 0 Å². The van der Waals surface area contributed by atoms with Gasteiger partial charge in [-0.2, -0.15) is 4.39 Å². The fraction of sp³-hybridized carbons (Fsp3) is 0.200. The molecule has 3 aromatic rings. The molecule has 0 spiro atoms. The van der Waals surface area contributed by atoms with Gasteiger partial charge in [0, 0.05) is 37.1 Å². The van der Waals surface area contributed by atoms with Gasteiger partial charge in [-0.05, 0) is 49.2 Å². The van der Waals surface area contributed by atoms with E-state index in [2.05, 4.69) is 15.0 Å². The van der Waals surface area contributed by atoms with E-state index in [4.69, 9.17) is 0 Å². The van der Waals surface area contributed by atoms with Crippen molar-refractivity contribution in [2.75, 3.05) is 11.4 Å². The molecule has 132 valence electrons. The van der Waals surface area contributed by atoms with Crippen LogP contribution in [0, 0.1) is 12.9 Å². The van der Waals surface area contributed by atoms with Gasteiger partial charge < -0.3 is 4.90 Å². The van der Waals surface area contributed by atoms with Gasteiger partial charge in [0.05, 0.1) is 17.6 Å². The summed E-state index contributed by atoms with van der Waals surface area (Å²) in [5, 5.41) is 0. The first kappa shape index (κ1) is 17.7. The second kappa shape index (κ2) is 8.29. The predicted molar refractivity (Wildman–Crippen MR) is 98.0 cm³/mol. The van der Waals surface area contributed by atoms with Gasteiger partial charge in [0.1, 0.15) is 0 Å². The van der Waals surface area contributed by atoms with Gasteiger partial charge >= 0.3 is 0 Å². The highest BCUT2D eigenvalue weighted by atomic mass is 19.1. The lowest BCUT2D eigenvalue weighted by molar-refractivity contribution is -0.117. The van der Waals surface area contributed by atoms with Crippen LogP contribution in [0.5, 0.6) is 0 Å². The lowest BCUT2D eigenvalue weighted by atomic mass is 10.2. The number of pyridine rings is 3. The van der Waals surface area contributed by atoms with Crippen molar-refractivity contribution in [3.63, 3.8) is 0 Å². The predicted octanol–water partition coefficient (Wildman–Crippen LogP) is 3.80. The van der Waals surface area contributed by atoms with Gasteiger partial charge in [-0.25, -0.2) is 4.98 Å². The molecule has 1 amide bonds. The van der Waals surface area contributed by atoms with Crippen molar-refractivity contribution in [1.29, 1.82) is 0 Å². The monoisotopic (exact) mass is 350 g/mol. The highest BCUT2D eigenvalue weighted by Crippen LogP contribution is 2.23. The van der Waals surface area contributed by atoms with Gasteiger partial charge in [-0.1, -0.05) is 6.07 Å². The molecule has 4 rings (SSSR count). The summed E-state index contributed by atoms with van der Waals surface area (Å²) in [7, 11) is 0. The number of hydrogen-bond donors (Lipinski definition) is 0. The van der Waals surface area contributed by atoms with E-state index < -0.39 is 5.95 Å². The molecule has 0 radical (unpaired) electrons. The van der Waals surface area contributed by atoms with Crippen molar-refractivity contribution in [2.45, 2.75) is 19.8 Å². The maximum absolute atomic E-state index is 12.0. The van der Waals surface area contributed by atoms with Crippen LogP contribution in [0.2, 0.25) is 0 Å². The number of rotatable bonds is 2. The molecular formula is C20H19FN4O. The summed E-state index contributed by atoms with van der Waals surface area (Å²) >= 11 is 0. The van der Waals surface area contributed by atoms with Crippen LogP contribution in [-0.2, 0) is 4.79 Å². The van der Waals surface area contributed by atoms with E-state index in [9.17, 15) is 9.18 Å². The smallest absolute Gasteiger partial charge is 0.227 e. The summed E-state index contributed by atoms with van der Waals surface area (Å²) < 4.78 is 12.0. The van der Waals surface area contributed by atoms with E-state index in [1.807, 2.05) is 31.2 Å². The lowest BCUT2D eigenvalue weighted by Gasteiger charge is -2.15. The molecule has 26 heavy (non-hydrogen) atoms. The Morgan fingerprint density at radius 3 is 2.35 bits per heavy atom. The molecule has 0 unspecified atom stereocenters. The summed E-state index contributed by atoms with van der Waals surface area (Å²) in [5.41, 5.74) is 3.79. The second-order valence-electron chi connectivity index (χ2n) is 5.94. The Balaban J connectivity index is 0.000000206. The number of aryl methyl sites for hydroxylation is 1. The summed E-state index contributed by atoms with van der Waals surface area (Å²) in [4.78, 5) is 25.2. The molecule has 0 saturated carbocycles. The third-order valence-electron chi connectivity index (χ3n) is 3.98. The van der Waals surface area contributed by atoms with Crippen LogP contribution in [0.4, 0.5) is 10.1 Å². The van der Waals surface area contributed by atoms with Crippen molar-refractivity contribution < 1.29 is 9.18 Å². The Morgan fingerprint density at radius 2 is 1.81 bits per heavy atom. The van der Waals surface area contributed by atoms with Gasteiger partial charge in [-0.15, -0.1) is 0 Å². The summed E-state index contributed by atoms with van der Waals surface area (Å²) in [5.74, 6) is -0.232. The average Bonchev–Trinajstić information content (AvgIpc) is 3.11. The van der Waals surface area contributed by atoms with Gasteiger partial charge in [0.25, 0.3) is 0 Å². The Kier molecular flexibility index (Phi) is 5.63. The van der Waals surface area contributed by atoms with Crippen molar-refractivity contribution >= 4 is 11.6 Å². The van der Waals surface area contributed by atoms with E-state index in [1.165, 1.54) is 12.3 Å². The fourth-order valence-corrected chi connectivity index (χ4v) is 2.61. The normalized spacial score (nSPS) is 13.3. The van der Waals surface area contributed by atoms with Gasteiger partial charge in [0.2, 0.25) is 11.9 Å². The Morgan fingerprint density at radius 1 is 1.00 bits per heavy atom. The molecule has 0 N–H and O–H groups in total. The van der Waals surface area contributed by atoms with Crippen LogP contribution in [0.15, 0.2) is 61.2 Å². The zero-order valence-corrected chi connectivity index (χ0v) is 14.5. The summed E-state index contributed by atoms with van der Waals surface area (Å²) in [6.45, 7) is 2.67. The zero-order valence-electron chi connectivity index (χ0n) is 14.5. The number of amides is 1. The molecular weight excluding hydrogens is 331 g/mol. The van der Waals surface area contributed by atoms with Crippen molar-refractivity contribution in [3.8, 4) is 11.3 Å². The van der Waals surface area contributed by atoms with Crippen molar-refractivity contribution in [2.24, 2.45) is 0 Å². The number of halogens is 1. The van der Waals surface area contributed by atoms with Gasteiger partial charge in [0.15, 0.2) is 0 Å². The molecule has 0 atom stereocenters. The minimum atomic E-state index is -0.421. The highest BCUT2D eigenvalue weighted by molar-refractivity contribution is 5.95. The van der Waals surface area contributed by atoms with Crippen molar-refractivity contribution in [1.82, 2.24) is 15.0 Å². The number of anilines is 1. The first-order valence-electron chi connectivity index (χ1n) is 8.38. The third-order valence-corrected chi connectivity index (χ3v) is 3.98. The quantitative estimate of drug-likeness (QED) is 0.660. The molecule has 0 bridgehead atoms. The first-order valence-corrected chi connectivity index (χ1v) is 8.38. The third kappa shape index (κ3) is 4.47. The molecule has 4 heterocycles. The molecule has 1 fully saturated rings. The average molecular weight is 350 g/mol. The van der Waals surface area contributed by atoms with Crippen molar-refractivity contribution in [3.05, 3.63) is 72.7 Å². The Hall–Kier alpha value is -3.15.